The second-order valence-corrected chi connectivity index (χ2v) is 9.39. The van der Waals surface area contributed by atoms with Crippen LogP contribution in [0.2, 0.25) is 0 Å². The van der Waals surface area contributed by atoms with Gasteiger partial charge in [0.05, 0.1) is 10.6 Å². The number of aromatic nitrogens is 1. The van der Waals surface area contributed by atoms with Gasteiger partial charge in [0, 0.05) is 28.9 Å². The zero-order valence-electron chi connectivity index (χ0n) is 15.8. The molecule has 144 valence electrons. The summed E-state index contributed by atoms with van der Waals surface area (Å²) in [6.45, 7) is 4.18. The molecule has 6 heteroatoms. The van der Waals surface area contributed by atoms with Gasteiger partial charge in [0.1, 0.15) is 0 Å². The van der Waals surface area contributed by atoms with Crippen LogP contribution in [0, 0.1) is 11.7 Å². The van der Waals surface area contributed by atoms with Crippen LogP contribution in [0.25, 0.3) is 11.3 Å². The number of hydrogen-bond acceptors (Lipinski definition) is 4. The molecular formula is C22H20FNO3S. The van der Waals surface area contributed by atoms with E-state index < -0.39 is 15.7 Å². The van der Waals surface area contributed by atoms with Gasteiger partial charge in [-0.3, -0.25) is 0 Å². The Labute approximate surface area is 163 Å². The first-order valence-electron chi connectivity index (χ1n) is 9.03. The standard InChI is InChI=1S/C22H20FNO3S/c1-13(2)20-16-5-4-6-18(23)21(16)27-22-17(20)11-12-19(24-22)14-7-9-15(10-8-14)28(3,25)26/h4-13,20H,1-3H3. The van der Waals surface area contributed by atoms with Crippen LogP contribution < -0.4 is 4.74 Å². The molecule has 4 nitrogen and oxygen atoms in total. The quantitative estimate of drug-likeness (QED) is 0.611. The van der Waals surface area contributed by atoms with E-state index in [4.69, 9.17) is 4.74 Å². The van der Waals surface area contributed by atoms with Crippen LogP contribution in [0.4, 0.5) is 4.39 Å². The SMILES string of the molecule is CC(C)C1c2ccc(-c3ccc(S(C)(=O)=O)cc3)nc2Oc2c(F)cccc21. The van der Waals surface area contributed by atoms with Crippen molar-refractivity contribution in [3.63, 3.8) is 0 Å². The van der Waals surface area contributed by atoms with Crippen LogP contribution in [-0.2, 0) is 9.84 Å². The number of rotatable bonds is 3. The molecule has 4 rings (SSSR count). The number of nitrogens with zero attached hydrogens (tertiary/aromatic N) is 1. The van der Waals surface area contributed by atoms with E-state index in [-0.39, 0.29) is 22.5 Å². The van der Waals surface area contributed by atoms with Crippen molar-refractivity contribution in [1.29, 1.82) is 0 Å². The molecule has 0 aliphatic carbocycles. The summed E-state index contributed by atoms with van der Waals surface area (Å²) in [6.07, 6.45) is 1.17. The number of fused-ring (bicyclic) bond motifs is 2. The lowest BCUT2D eigenvalue weighted by atomic mass is 9.81. The van der Waals surface area contributed by atoms with Gasteiger partial charge in [0.15, 0.2) is 21.4 Å². The zero-order valence-corrected chi connectivity index (χ0v) is 16.6. The van der Waals surface area contributed by atoms with E-state index in [1.165, 1.54) is 12.3 Å². The molecule has 0 radical (unpaired) electrons. The van der Waals surface area contributed by atoms with Gasteiger partial charge in [-0.25, -0.2) is 17.8 Å². The Balaban J connectivity index is 1.79. The van der Waals surface area contributed by atoms with Crippen LogP contribution in [0.1, 0.15) is 30.9 Å². The molecule has 1 aliphatic rings. The minimum atomic E-state index is -3.26. The highest BCUT2D eigenvalue weighted by atomic mass is 32.2. The highest BCUT2D eigenvalue weighted by Gasteiger charge is 2.32. The van der Waals surface area contributed by atoms with Crippen molar-refractivity contribution in [3.8, 4) is 22.9 Å². The maximum atomic E-state index is 14.4. The lowest BCUT2D eigenvalue weighted by Gasteiger charge is -2.30. The number of ether oxygens (including phenoxy) is 1. The molecule has 0 saturated carbocycles. The van der Waals surface area contributed by atoms with Crippen LogP contribution in [-0.4, -0.2) is 19.7 Å². The second-order valence-electron chi connectivity index (χ2n) is 7.37. The molecule has 28 heavy (non-hydrogen) atoms. The highest BCUT2D eigenvalue weighted by molar-refractivity contribution is 7.90. The average molecular weight is 397 g/mol. The van der Waals surface area contributed by atoms with Gasteiger partial charge in [-0.2, -0.15) is 0 Å². The third-order valence-electron chi connectivity index (χ3n) is 5.00. The average Bonchev–Trinajstić information content (AvgIpc) is 2.65. The maximum absolute atomic E-state index is 14.4. The predicted molar refractivity (Wildman–Crippen MR) is 106 cm³/mol. The maximum Gasteiger partial charge on any atom is 0.223 e. The number of halogens is 1. The molecule has 0 N–H and O–H groups in total. The third-order valence-corrected chi connectivity index (χ3v) is 6.13. The molecule has 1 aliphatic heterocycles. The second kappa shape index (κ2) is 6.71. The first-order valence-corrected chi connectivity index (χ1v) is 10.9. The van der Waals surface area contributed by atoms with Crippen molar-refractivity contribution in [3.05, 3.63) is 71.5 Å². The van der Waals surface area contributed by atoms with Gasteiger partial charge in [-0.1, -0.05) is 44.2 Å². The minimum absolute atomic E-state index is 0.0105. The van der Waals surface area contributed by atoms with E-state index in [1.807, 2.05) is 18.2 Å². The summed E-state index contributed by atoms with van der Waals surface area (Å²) in [5, 5.41) is 0. The fourth-order valence-electron chi connectivity index (χ4n) is 3.66. The van der Waals surface area contributed by atoms with Crippen molar-refractivity contribution in [1.82, 2.24) is 4.98 Å². The summed E-state index contributed by atoms with van der Waals surface area (Å²) >= 11 is 0. The van der Waals surface area contributed by atoms with Crippen molar-refractivity contribution < 1.29 is 17.5 Å². The minimum Gasteiger partial charge on any atom is -0.435 e. The first-order chi connectivity index (χ1) is 13.3. The Morgan fingerprint density at radius 1 is 1.00 bits per heavy atom. The first kappa shape index (κ1) is 18.6. The molecule has 2 aromatic carbocycles. The lowest BCUT2D eigenvalue weighted by molar-refractivity contribution is 0.380. The Kier molecular flexibility index (Phi) is 4.46. The molecule has 0 amide bonds. The normalized spacial score (nSPS) is 15.7. The smallest absolute Gasteiger partial charge is 0.223 e. The zero-order chi connectivity index (χ0) is 20.1. The topological polar surface area (TPSA) is 56.3 Å². The van der Waals surface area contributed by atoms with Crippen molar-refractivity contribution in [2.24, 2.45) is 5.92 Å². The van der Waals surface area contributed by atoms with E-state index in [1.54, 1.807) is 30.3 Å². The fraction of sp³-hybridized carbons (Fsp3) is 0.227. The summed E-state index contributed by atoms with van der Waals surface area (Å²) in [7, 11) is -3.26. The largest absolute Gasteiger partial charge is 0.435 e. The fourth-order valence-corrected chi connectivity index (χ4v) is 4.29. The summed E-state index contributed by atoms with van der Waals surface area (Å²) < 4.78 is 43.5. The summed E-state index contributed by atoms with van der Waals surface area (Å²) in [5.41, 5.74) is 3.15. The lowest BCUT2D eigenvalue weighted by Crippen LogP contribution is -2.17. The molecule has 0 saturated heterocycles. The molecule has 1 atom stereocenters. The molecule has 0 fully saturated rings. The number of pyridine rings is 1. The number of benzene rings is 2. The molecular weight excluding hydrogens is 377 g/mol. The Morgan fingerprint density at radius 2 is 1.71 bits per heavy atom. The van der Waals surface area contributed by atoms with Gasteiger partial charge in [0.2, 0.25) is 5.88 Å². The third kappa shape index (κ3) is 3.18. The van der Waals surface area contributed by atoms with Crippen LogP contribution >= 0.6 is 0 Å². The van der Waals surface area contributed by atoms with Crippen molar-refractivity contribution in [2.75, 3.05) is 6.26 Å². The van der Waals surface area contributed by atoms with Gasteiger partial charge < -0.3 is 4.74 Å². The Bertz CT molecular complexity index is 1150. The number of sulfone groups is 1. The van der Waals surface area contributed by atoms with Gasteiger partial charge in [-0.15, -0.1) is 0 Å². The van der Waals surface area contributed by atoms with Gasteiger partial charge in [0.25, 0.3) is 0 Å². The molecule has 3 aromatic rings. The summed E-state index contributed by atoms with van der Waals surface area (Å²) in [5.74, 6) is 0.443. The van der Waals surface area contributed by atoms with Crippen LogP contribution in [0.5, 0.6) is 11.6 Å². The summed E-state index contributed by atoms with van der Waals surface area (Å²) in [4.78, 5) is 4.86. The monoisotopic (exact) mass is 397 g/mol. The van der Waals surface area contributed by atoms with E-state index in [2.05, 4.69) is 18.8 Å². The Hall–Kier alpha value is -2.73. The van der Waals surface area contributed by atoms with Crippen molar-refractivity contribution in [2.45, 2.75) is 24.7 Å². The highest BCUT2D eigenvalue weighted by Crippen LogP contribution is 2.47. The molecule has 0 spiro atoms. The van der Waals surface area contributed by atoms with Gasteiger partial charge in [-0.05, 0) is 30.2 Å². The van der Waals surface area contributed by atoms with E-state index >= 15 is 0 Å². The molecule has 2 heterocycles. The van der Waals surface area contributed by atoms with Gasteiger partial charge >= 0.3 is 0 Å². The van der Waals surface area contributed by atoms with E-state index in [0.717, 1.165) is 16.7 Å². The van der Waals surface area contributed by atoms with Crippen molar-refractivity contribution >= 4 is 9.84 Å². The Morgan fingerprint density at radius 3 is 2.36 bits per heavy atom. The summed E-state index contributed by atoms with van der Waals surface area (Å²) in [6, 6.07) is 15.3. The number of para-hydroxylation sites is 1. The molecule has 1 unspecified atom stereocenters. The van der Waals surface area contributed by atoms with E-state index in [0.29, 0.717) is 11.6 Å². The number of hydrogen-bond donors (Lipinski definition) is 0. The predicted octanol–water partition coefficient (Wildman–Crippen LogP) is 5.18. The van der Waals surface area contributed by atoms with Crippen LogP contribution in [0.3, 0.4) is 0 Å². The molecule has 1 aromatic heterocycles. The van der Waals surface area contributed by atoms with Crippen LogP contribution in [0.15, 0.2) is 59.5 Å². The molecule has 0 bridgehead atoms. The van der Waals surface area contributed by atoms with E-state index in [9.17, 15) is 12.8 Å².